The molecule has 0 aromatic heterocycles. The maximum absolute atomic E-state index is 12.5. The summed E-state index contributed by atoms with van der Waals surface area (Å²) >= 11 is 0. The Labute approximate surface area is 173 Å². The van der Waals surface area contributed by atoms with Crippen LogP contribution >= 0.6 is 0 Å². The van der Waals surface area contributed by atoms with Gasteiger partial charge in [0.2, 0.25) is 0 Å². The number of carbonyl (C=O) groups excluding carboxylic acids is 3. The SMILES string of the molecule is [2H]c1c([2H])c(C(=O)Oc2ccc(CC(=O)OCC(=O)N(C)C)cc2)c([2H])c([2H])c1N=C(N)N. The zero-order valence-electron chi connectivity index (χ0n) is 19.8. The number of benzene rings is 2. The van der Waals surface area contributed by atoms with E-state index in [4.69, 9.17) is 26.4 Å². The molecule has 1 amide bonds. The highest BCUT2D eigenvalue weighted by Crippen LogP contribution is 2.17. The molecule has 29 heavy (non-hydrogen) atoms. The van der Waals surface area contributed by atoms with Gasteiger partial charge in [-0.1, -0.05) is 12.1 Å². The number of rotatable bonds is 7. The van der Waals surface area contributed by atoms with E-state index in [1.165, 1.54) is 43.3 Å². The average Bonchev–Trinajstić information content (AvgIpc) is 2.75. The van der Waals surface area contributed by atoms with Crippen LogP contribution in [0.1, 0.15) is 21.4 Å². The fourth-order valence-electron chi connectivity index (χ4n) is 1.92. The zero-order valence-corrected chi connectivity index (χ0v) is 15.8. The van der Waals surface area contributed by atoms with Gasteiger partial charge in [-0.15, -0.1) is 0 Å². The molecule has 0 heterocycles. The van der Waals surface area contributed by atoms with Crippen molar-refractivity contribution in [2.24, 2.45) is 16.5 Å². The highest BCUT2D eigenvalue weighted by atomic mass is 16.5. The maximum Gasteiger partial charge on any atom is 0.343 e. The second kappa shape index (κ2) is 9.88. The quantitative estimate of drug-likeness (QED) is 0.305. The van der Waals surface area contributed by atoms with Crippen LogP contribution in [0.4, 0.5) is 5.69 Å². The summed E-state index contributed by atoms with van der Waals surface area (Å²) in [6.07, 6.45) is -0.112. The molecular formula is C20H22N4O5. The van der Waals surface area contributed by atoms with Crippen LogP contribution in [0.15, 0.2) is 53.4 Å². The van der Waals surface area contributed by atoms with Gasteiger partial charge in [0.1, 0.15) is 5.75 Å². The number of nitrogens with two attached hydrogens (primary N) is 2. The fraction of sp³-hybridized carbons (Fsp3) is 0.200. The lowest BCUT2D eigenvalue weighted by atomic mass is 10.1. The minimum absolute atomic E-state index is 0.0464. The molecule has 2 aromatic carbocycles. The van der Waals surface area contributed by atoms with Crippen LogP contribution in [0.3, 0.4) is 0 Å². The molecule has 152 valence electrons. The number of hydrogen-bond acceptors (Lipinski definition) is 6. The van der Waals surface area contributed by atoms with E-state index in [1.54, 1.807) is 0 Å². The third-order valence-electron chi connectivity index (χ3n) is 3.39. The van der Waals surface area contributed by atoms with Crippen LogP contribution in [0, 0.1) is 0 Å². The van der Waals surface area contributed by atoms with Gasteiger partial charge in [0.05, 0.1) is 23.2 Å². The Morgan fingerprint density at radius 1 is 1.07 bits per heavy atom. The molecule has 9 heteroatoms. The largest absolute Gasteiger partial charge is 0.455 e. The summed E-state index contributed by atoms with van der Waals surface area (Å²) < 4.78 is 41.9. The lowest BCUT2D eigenvalue weighted by Crippen LogP contribution is -2.27. The third kappa shape index (κ3) is 6.98. The van der Waals surface area contributed by atoms with E-state index >= 15 is 0 Å². The Balaban J connectivity index is 2.13. The lowest BCUT2D eigenvalue weighted by molar-refractivity contribution is -0.150. The molecule has 0 bridgehead atoms. The number of aliphatic imine (C=N–C) groups is 1. The molecule has 4 N–H and O–H groups in total. The molecule has 0 saturated heterocycles. The van der Waals surface area contributed by atoms with Crippen molar-refractivity contribution in [2.75, 3.05) is 20.7 Å². The summed E-state index contributed by atoms with van der Waals surface area (Å²) in [5.41, 5.74) is 10.0. The van der Waals surface area contributed by atoms with Gasteiger partial charge in [-0.25, -0.2) is 9.79 Å². The first-order chi connectivity index (χ1) is 15.4. The number of esters is 2. The smallest absolute Gasteiger partial charge is 0.343 e. The number of likely N-dealkylation sites (N-methyl/N-ethyl adjacent to an activating group) is 1. The number of amides is 1. The molecule has 0 saturated carbocycles. The Bertz CT molecular complexity index is 1090. The Hall–Kier alpha value is -3.88. The summed E-state index contributed by atoms with van der Waals surface area (Å²) in [5.74, 6) is -2.49. The minimum atomic E-state index is -1.11. The summed E-state index contributed by atoms with van der Waals surface area (Å²) in [6, 6.07) is 3.24. The van der Waals surface area contributed by atoms with Gasteiger partial charge in [-0.05, 0) is 41.9 Å². The van der Waals surface area contributed by atoms with E-state index in [9.17, 15) is 14.4 Å². The van der Waals surface area contributed by atoms with Crippen LogP contribution in [0.5, 0.6) is 5.75 Å². The molecule has 0 aliphatic heterocycles. The van der Waals surface area contributed by atoms with Crippen LogP contribution in [0.25, 0.3) is 0 Å². The zero-order chi connectivity index (χ0) is 24.9. The van der Waals surface area contributed by atoms with Crippen LogP contribution < -0.4 is 16.2 Å². The molecule has 0 spiro atoms. The molecule has 0 fully saturated rings. The first kappa shape index (κ1) is 16.1. The van der Waals surface area contributed by atoms with Crippen molar-refractivity contribution in [3.63, 3.8) is 0 Å². The number of carbonyl (C=O) groups is 3. The van der Waals surface area contributed by atoms with Crippen LogP contribution in [0.2, 0.25) is 0 Å². The Morgan fingerprint density at radius 3 is 2.24 bits per heavy atom. The Kier molecular flexibility index (Phi) is 5.49. The first-order valence-electron chi connectivity index (χ1n) is 10.3. The van der Waals surface area contributed by atoms with Gasteiger partial charge in [0.25, 0.3) is 5.91 Å². The van der Waals surface area contributed by atoms with Crippen LogP contribution in [-0.4, -0.2) is 49.4 Å². The molecule has 0 radical (unpaired) electrons. The Morgan fingerprint density at radius 2 is 1.69 bits per heavy atom. The normalized spacial score (nSPS) is 11.9. The average molecular weight is 402 g/mol. The lowest BCUT2D eigenvalue weighted by Gasteiger charge is -2.10. The van der Waals surface area contributed by atoms with E-state index in [0.717, 1.165) is 0 Å². The van der Waals surface area contributed by atoms with Crippen molar-refractivity contribution in [1.29, 1.82) is 0 Å². The first-order valence-corrected chi connectivity index (χ1v) is 8.29. The van der Waals surface area contributed by atoms with Crippen molar-refractivity contribution in [3.05, 3.63) is 59.6 Å². The van der Waals surface area contributed by atoms with E-state index in [1.807, 2.05) is 0 Å². The standard InChI is InChI=1S/C20H22N4O5/c1-24(2)17(25)12-28-18(26)11-13-3-9-16(10-4-13)29-19(27)14-5-7-15(8-6-14)23-20(21)22/h3-10H,11-12H2,1-2H3,(H4,21,22,23)/i5D,6D,7D,8D. The van der Waals surface area contributed by atoms with Gasteiger partial charge < -0.3 is 25.8 Å². The predicted octanol–water partition coefficient (Wildman–Crippen LogP) is 0.985. The number of hydrogen-bond donors (Lipinski definition) is 2. The molecule has 2 aromatic rings. The maximum atomic E-state index is 12.5. The summed E-state index contributed by atoms with van der Waals surface area (Å²) in [6.45, 7) is -0.371. The second-order valence-electron chi connectivity index (χ2n) is 5.92. The van der Waals surface area contributed by atoms with Gasteiger partial charge >= 0.3 is 11.9 Å². The summed E-state index contributed by atoms with van der Waals surface area (Å²) in [7, 11) is 3.08. The van der Waals surface area contributed by atoms with Crippen molar-refractivity contribution >= 4 is 29.5 Å². The highest BCUT2D eigenvalue weighted by molar-refractivity contribution is 5.91. The van der Waals surface area contributed by atoms with Gasteiger partial charge in [-0.3, -0.25) is 9.59 Å². The van der Waals surface area contributed by atoms with Crippen LogP contribution in [-0.2, 0) is 20.7 Å². The number of ether oxygens (including phenoxy) is 2. The van der Waals surface area contributed by atoms with Gasteiger partial charge in [0, 0.05) is 14.1 Å². The van der Waals surface area contributed by atoms with E-state index in [0.29, 0.717) is 5.56 Å². The predicted molar refractivity (Wildman–Crippen MR) is 107 cm³/mol. The molecule has 2 rings (SSSR count). The fourth-order valence-corrected chi connectivity index (χ4v) is 1.92. The second-order valence-corrected chi connectivity index (χ2v) is 5.92. The summed E-state index contributed by atoms with van der Waals surface area (Å²) in [5, 5.41) is 0. The highest BCUT2D eigenvalue weighted by Gasteiger charge is 2.11. The van der Waals surface area contributed by atoms with E-state index in [-0.39, 0.29) is 24.7 Å². The molecule has 0 aliphatic rings. The van der Waals surface area contributed by atoms with E-state index < -0.39 is 53.3 Å². The van der Waals surface area contributed by atoms with Gasteiger partial charge in [-0.2, -0.15) is 0 Å². The minimum Gasteiger partial charge on any atom is -0.455 e. The topological polar surface area (TPSA) is 137 Å². The number of nitrogens with zero attached hydrogens (tertiary/aromatic N) is 2. The van der Waals surface area contributed by atoms with Crippen molar-refractivity contribution in [1.82, 2.24) is 4.90 Å². The molecule has 0 atom stereocenters. The van der Waals surface area contributed by atoms with Crippen molar-refractivity contribution < 1.29 is 29.3 Å². The third-order valence-corrected chi connectivity index (χ3v) is 3.39. The van der Waals surface area contributed by atoms with Gasteiger partial charge in [0.15, 0.2) is 12.6 Å². The van der Waals surface area contributed by atoms with Crippen molar-refractivity contribution in [3.8, 4) is 5.75 Å². The monoisotopic (exact) mass is 402 g/mol. The molecule has 0 aliphatic carbocycles. The summed E-state index contributed by atoms with van der Waals surface area (Å²) in [4.78, 5) is 40.7. The molecule has 9 nitrogen and oxygen atoms in total. The van der Waals surface area contributed by atoms with Crippen molar-refractivity contribution in [2.45, 2.75) is 6.42 Å². The molecular weight excluding hydrogens is 376 g/mol. The number of guanidine groups is 1. The van der Waals surface area contributed by atoms with E-state index in [2.05, 4.69) is 4.99 Å². The molecule has 0 unspecified atom stereocenters.